The fraction of sp³-hybridized carbons (Fsp3) is 0.286. The number of nitrogens with zero attached hydrogens (tertiary/aromatic N) is 2. The van der Waals surface area contributed by atoms with E-state index in [-0.39, 0.29) is 17.4 Å². The molecule has 0 spiro atoms. The van der Waals surface area contributed by atoms with Gasteiger partial charge in [-0.3, -0.25) is 19.5 Å². The number of pyridine rings is 1. The number of para-hydroxylation sites is 1. The van der Waals surface area contributed by atoms with Crippen LogP contribution in [0.1, 0.15) is 33.5 Å². The molecule has 1 aliphatic rings. The first kappa shape index (κ1) is 31.3. The van der Waals surface area contributed by atoms with Gasteiger partial charge in [0.05, 0.1) is 34.0 Å². The van der Waals surface area contributed by atoms with E-state index >= 15 is 0 Å². The van der Waals surface area contributed by atoms with E-state index in [4.69, 9.17) is 18.9 Å². The summed E-state index contributed by atoms with van der Waals surface area (Å²) < 4.78 is 21.6. The second-order valence-corrected chi connectivity index (χ2v) is 10.6. The molecule has 0 fully saturated rings. The zero-order valence-electron chi connectivity index (χ0n) is 26.0. The second kappa shape index (κ2) is 14.6. The summed E-state index contributed by atoms with van der Waals surface area (Å²) in [6.45, 7) is 3.21. The minimum Gasteiger partial charge on any atom is -0.493 e. The van der Waals surface area contributed by atoms with Gasteiger partial charge in [-0.1, -0.05) is 18.2 Å². The lowest BCUT2D eigenvalue weighted by Gasteiger charge is -2.29. The van der Waals surface area contributed by atoms with E-state index in [9.17, 15) is 9.59 Å². The van der Waals surface area contributed by atoms with E-state index in [1.807, 2.05) is 30.3 Å². The fourth-order valence-electron chi connectivity index (χ4n) is 5.47. The molecule has 0 unspecified atom stereocenters. The molecule has 0 radical (unpaired) electrons. The summed E-state index contributed by atoms with van der Waals surface area (Å²) in [5, 5.41) is 6.76. The SMILES string of the molecule is COC(OC)=C(C(=O)Nc1ccc(C(=O)NCCCN2CCc3cc(OC)c(OC)cc3C2)cc1)c1cnc2ccccc2c1. The number of methoxy groups -OCH3 is 4. The van der Waals surface area contributed by atoms with Crippen molar-refractivity contribution in [2.24, 2.45) is 0 Å². The lowest BCUT2D eigenvalue weighted by atomic mass is 9.98. The van der Waals surface area contributed by atoms with E-state index < -0.39 is 5.91 Å². The first-order chi connectivity index (χ1) is 21.9. The van der Waals surface area contributed by atoms with Crippen LogP contribution in [0.2, 0.25) is 0 Å². The van der Waals surface area contributed by atoms with Crippen LogP contribution in [0, 0.1) is 0 Å². The monoisotopic (exact) mass is 610 g/mol. The van der Waals surface area contributed by atoms with Crippen molar-refractivity contribution in [3.8, 4) is 11.5 Å². The van der Waals surface area contributed by atoms with Gasteiger partial charge in [-0.05, 0) is 72.5 Å². The van der Waals surface area contributed by atoms with E-state index in [1.54, 1.807) is 44.7 Å². The summed E-state index contributed by atoms with van der Waals surface area (Å²) >= 11 is 0. The second-order valence-electron chi connectivity index (χ2n) is 10.6. The van der Waals surface area contributed by atoms with Crippen LogP contribution in [0.5, 0.6) is 11.5 Å². The number of anilines is 1. The predicted molar refractivity (Wildman–Crippen MR) is 173 cm³/mol. The Morgan fingerprint density at radius 1 is 0.867 bits per heavy atom. The number of ether oxygens (including phenoxy) is 4. The van der Waals surface area contributed by atoms with Crippen molar-refractivity contribution in [2.75, 3.05) is 53.4 Å². The highest BCUT2D eigenvalue weighted by molar-refractivity contribution is 6.25. The van der Waals surface area contributed by atoms with Gasteiger partial charge in [-0.25, -0.2) is 0 Å². The number of carbonyl (C=O) groups is 2. The molecule has 1 aliphatic heterocycles. The number of nitrogens with one attached hydrogen (secondary N) is 2. The minimum atomic E-state index is -0.430. The van der Waals surface area contributed by atoms with Crippen LogP contribution >= 0.6 is 0 Å². The van der Waals surface area contributed by atoms with Crippen LogP contribution in [-0.2, 0) is 27.2 Å². The number of hydrogen-bond acceptors (Lipinski definition) is 8. The minimum absolute atomic E-state index is 0.0642. The predicted octanol–water partition coefficient (Wildman–Crippen LogP) is 5.03. The first-order valence-corrected chi connectivity index (χ1v) is 14.8. The van der Waals surface area contributed by atoms with Crippen LogP contribution in [0.25, 0.3) is 16.5 Å². The van der Waals surface area contributed by atoms with E-state index in [0.717, 1.165) is 54.9 Å². The van der Waals surface area contributed by atoms with Crippen molar-refractivity contribution < 1.29 is 28.5 Å². The fourth-order valence-corrected chi connectivity index (χ4v) is 5.47. The quantitative estimate of drug-likeness (QED) is 0.131. The molecular formula is C35H38N4O6. The number of hydrogen-bond donors (Lipinski definition) is 2. The Kier molecular flexibility index (Phi) is 10.2. The highest BCUT2D eigenvalue weighted by Gasteiger charge is 2.22. The van der Waals surface area contributed by atoms with Crippen LogP contribution in [0.4, 0.5) is 5.69 Å². The van der Waals surface area contributed by atoms with Gasteiger partial charge in [0.25, 0.3) is 17.8 Å². The number of rotatable bonds is 12. The summed E-state index contributed by atoms with van der Waals surface area (Å²) in [6, 6.07) is 20.4. The Morgan fingerprint density at radius 3 is 2.29 bits per heavy atom. The molecule has 10 heteroatoms. The van der Waals surface area contributed by atoms with Gasteiger partial charge in [0.15, 0.2) is 11.5 Å². The molecule has 2 heterocycles. The lowest BCUT2D eigenvalue weighted by molar-refractivity contribution is -0.111. The number of aromatic nitrogens is 1. The molecule has 10 nitrogen and oxygen atoms in total. The zero-order valence-corrected chi connectivity index (χ0v) is 26.0. The van der Waals surface area contributed by atoms with Gasteiger partial charge in [-0.2, -0.15) is 0 Å². The molecule has 0 aliphatic carbocycles. The molecule has 0 saturated carbocycles. The molecule has 2 N–H and O–H groups in total. The van der Waals surface area contributed by atoms with Crippen molar-refractivity contribution >= 4 is 34.0 Å². The van der Waals surface area contributed by atoms with E-state index in [1.165, 1.54) is 25.3 Å². The third kappa shape index (κ3) is 7.35. The molecule has 4 aromatic rings. The summed E-state index contributed by atoms with van der Waals surface area (Å²) in [4.78, 5) is 33.1. The summed E-state index contributed by atoms with van der Waals surface area (Å²) in [5.41, 5.74) is 5.12. The maximum atomic E-state index is 13.4. The molecular weight excluding hydrogens is 572 g/mol. The van der Waals surface area contributed by atoms with Gasteiger partial charge in [0, 0.05) is 54.6 Å². The molecule has 234 valence electrons. The maximum Gasteiger partial charge on any atom is 0.292 e. The molecule has 45 heavy (non-hydrogen) atoms. The third-order valence-corrected chi connectivity index (χ3v) is 7.82. The van der Waals surface area contributed by atoms with E-state index in [0.29, 0.717) is 23.4 Å². The number of benzene rings is 3. The Labute approximate surface area is 262 Å². The Bertz CT molecular complexity index is 1700. The molecule has 0 bridgehead atoms. The van der Waals surface area contributed by atoms with Crippen LogP contribution in [-0.4, -0.2) is 69.8 Å². The number of fused-ring (bicyclic) bond motifs is 2. The van der Waals surface area contributed by atoms with Crippen molar-refractivity contribution in [3.05, 3.63) is 101 Å². The first-order valence-electron chi connectivity index (χ1n) is 14.8. The topological polar surface area (TPSA) is 111 Å². The van der Waals surface area contributed by atoms with Gasteiger partial charge in [-0.15, -0.1) is 0 Å². The van der Waals surface area contributed by atoms with Gasteiger partial charge >= 0.3 is 0 Å². The highest BCUT2D eigenvalue weighted by Crippen LogP contribution is 2.33. The average Bonchev–Trinajstić information content (AvgIpc) is 3.08. The van der Waals surface area contributed by atoms with Gasteiger partial charge < -0.3 is 29.6 Å². The number of amides is 2. The van der Waals surface area contributed by atoms with Crippen molar-refractivity contribution in [2.45, 2.75) is 19.4 Å². The third-order valence-electron chi connectivity index (χ3n) is 7.82. The summed E-state index contributed by atoms with van der Waals surface area (Å²) in [5.74, 6) is 0.965. The Hall–Kier alpha value is -5.09. The molecule has 5 rings (SSSR count). The molecule has 3 aromatic carbocycles. The largest absolute Gasteiger partial charge is 0.493 e. The normalized spacial score (nSPS) is 12.5. The zero-order chi connectivity index (χ0) is 31.8. The smallest absolute Gasteiger partial charge is 0.292 e. The van der Waals surface area contributed by atoms with Crippen molar-refractivity contribution in [3.63, 3.8) is 0 Å². The molecule has 2 amide bonds. The lowest BCUT2D eigenvalue weighted by Crippen LogP contribution is -2.33. The summed E-state index contributed by atoms with van der Waals surface area (Å²) in [6.07, 6.45) is 3.38. The van der Waals surface area contributed by atoms with Gasteiger partial charge in [0.2, 0.25) is 0 Å². The molecule has 0 saturated heterocycles. The summed E-state index contributed by atoms with van der Waals surface area (Å²) in [7, 11) is 6.18. The molecule has 0 atom stereocenters. The van der Waals surface area contributed by atoms with Crippen LogP contribution in [0.15, 0.2) is 78.9 Å². The van der Waals surface area contributed by atoms with Crippen LogP contribution in [0.3, 0.4) is 0 Å². The molecule has 1 aromatic heterocycles. The maximum absolute atomic E-state index is 13.4. The van der Waals surface area contributed by atoms with Gasteiger partial charge in [0.1, 0.15) is 5.57 Å². The van der Waals surface area contributed by atoms with Crippen molar-refractivity contribution in [1.82, 2.24) is 15.2 Å². The number of carbonyl (C=O) groups excluding carboxylic acids is 2. The van der Waals surface area contributed by atoms with Crippen LogP contribution < -0.4 is 20.1 Å². The Balaban J connectivity index is 1.14. The van der Waals surface area contributed by atoms with Crippen molar-refractivity contribution in [1.29, 1.82) is 0 Å². The highest BCUT2D eigenvalue weighted by atomic mass is 16.7. The van der Waals surface area contributed by atoms with E-state index in [2.05, 4.69) is 32.7 Å². The Morgan fingerprint density at radius 2 is 1.58 bits per heavy atom. The standard InChI is InChI=1S/C35H38N4O6/c1-42-30-19-24-14-17-39(22-27(24)20-31(30)43-2)16-7-15-36-33(40)23-10-12-28(13-11-23)38-34(41)32(35(44-3)45-4)26-18-25-8-5-6-9-29(25)37-21-26/h5-6,8-13,18-21H,7,14-17,22H2,1-4H3,(H,36,40)(H,38,41). The average molecular weight is 611 g/mol.